The molecule has 1 N–H and O–H groups in total. The van der Waals surface area contributed by atoms with Gasteiger partial charge >= 0.3 is 5.97 Å². The van der Waals surface area contributed by atoms with Crippen LogP contribution in [0.3, 0.4) is 0 Å². The Kier molecular flexibility index (Phi) is 7.19. The lowest BCUT2D eigenvalue weighted by Crippen LogP contribution is -2.26. The lowest BCUT2D eigenvalue weighted by Gasteiger charge is -2.20. The highest BCUT2D eigenvalue weighted by atomic mass is 16.5. The Morgan fingerprint density at radius 2 is 2.00 bits per heavy atom. The molecule has 3 heteroatoms. The molecule has 0 fully saturated rings. The second-order valence-electron chi connectivity index (χ2n) is 5.05. The van der Waals surface area contributed by atoms with Crippen molar-refractivity contribution in [1.29, 1.82) is 0 Å². The smallest absolute Gasteiger partial charge is 0.302 e. The Labute approximate surface area is 116 Å². The highest BCUT2D eigenvalue weighted by Gasteiger charge is 2.13. The third-order valence-corrected chi connectivity index (χ3v) is 3.21. The molecule has 0 spiro atoms. The molecule has 1 aromatic rings. The van der Waals surface area contributed by atoms with Crippen molar-refractivity contribution in [3.05, 3.63) is 35.9 Å². The minimum absolute atomic E-state index is 0.000903. The molecule has 3 nitrogen and oxygen atoms in total. The SMILES string of the molecule is CCC(CNCc1ccccc1)CC(C)OC(C)=O. The Balaban J connectivity index is 2.26. The van der Waals surface area contributed by atoms with Crippen molar-refractivity contribution < 1.29 is 9.53 Å². The van der Waals surface area contributed by atoms with Gasteiger partial charge in [0.05, 0.1) is 6.10 Å². The summed E-state index contributed by atoms with van der Waals surface area (Å²) in [5.41, 5.74) is 1.30. The van der Waals surface area contributed by atoms with Gasteiger partial charge in [0.25, 0.3) is 0 Å². The van der Waals surface area contributed by atoms with E-state index in [9.17, 15) is 4.79 Å². The van der Waals surface area contributed by atoms with E-state index < -0.39 is 0 Å². The third kappa shape index (κ3) is 6.97. The van der Waals surface area contributed by atoms with E-state index in [4.69, 9.17) is 4.74 Å². The van der Waals surface area contributed by atoms with Crippen LogP contribution in [0.25, 0.3) is 0 Å². The zero-order valence-corrected chi connectivity index (χ0v) is 12.2. The molecule has 0 aliphatic carbocycles. The minimum Gasteiger partial charge on any atom is -0.463 e. The summed E-state index contributed by atoms with van der Waals surface area (Å²) in [6.45, 7) is 7.44. The topological polar surface area (TPSA) is 38.3 Å². The number of hydrogen-bond acceptors (Lipinski definition) is 3. The average molecular weight is 263 g/mol. The number of esters is 1. The number of carbonyl (C=O) groups excluding carboxylic acids is 1. The van der Waals surface area contributed by atoms with E-state index in [-0.39, 0.29) is 12.1 Å². The minimum atomic E-state index is -0.195. The standard InChI is InChI=1S/C16H25NO2/c1-4-15(10-13(2)19-14(3)18)11-17-12-16-8-6-5-7-9-16/h5-9,13,15,17H,4,10-12H2,1-3H3. The van der Waals surface area contributed by atoms with Crippen LogP contribution in [0.1, 0.15) is 39.2 Å². The molecule has 0 heterocycles. The van der Waals surface area contributed by atoms with E-state index in [0.717, 1.165) is 25.9 Å². The summed E-state index contributed by atoms with van der Waals surface area (Å²) >= 11 is 0. The van der Waals surface area contributed by atoms with Gasteiger partial charge in [0.2, 0.25) is 0 Å². The number of hydrogen-bond donors (Lipinski definition) is 1. The van der Waals surface area contributed by atoms with Crippen molar-refractivity contribution >= 4 is 5.97 Å². The summed E-state index contributed by atoms with van der Waals surface area (Å²) in [7, 11) is 0. The molecule has 0 aliphatic rings. The van der Waals surface area contributed by atoms with Gasteiger partial charge in [0.1, 0.15) is 0 Å². The van der Waals surface area contributed by atoms with Gasteiger partial charge in [0, 0.05) is 13.5 Å². The highest BCUT2D eigenvalue weighted by Crippen LogP contribution is 2.13. The van der Waals surface area contributed by atoms with E-state index in [1.54, 1.807) is 0 Å². The molecule has 0 saturated heterocycles. The Bertz CT molecular complexity index is 364. The van der Waals surface area contributed by atoms with Gasteiger partial charge in [-0.25, -0.2) is 0 Å². The fraction of sp³-hybridized carbons (Fsp3) is 0.562. The summed E-state index contributed by atoms with van der Waals surface area (Å²) < 4.78 is 5.18. The van der Waals surface area contributed by atoms with Crippen molar-refractivity contribution in [2.45, 2.75) is 46.3 Å². The van der Waals surface area contributed by atoms with Crippen LogP contribution in [0.15, 0.2) is 30.3 Å². The van der Waals surface area contributed by atoms with Crippen molar-refractivity contribution in [2.75, 3.05) is 6.54 Å². The summed E-state index contributed by atoms with van der Waals surface area (Å²) in [5, 5.41) is 3.47. The maximum atomic E-state index is 10.9. The van der Waals surface area contributed by atoms with Crippen LogP contribution in [0.2, 0.25) is 0 Å². The fourth-order valence-electron chi connectivity index (χ4n) is 2.21. The Morgan fingerprint density at radius 1 is 1.32 bits per heavy atom. The summed E-state index contributed by atoms with van der Waals surface area (Å²) in [5.74, 6) is 0.345. The van der Waals surface area contributed by atoms with E-state index in [2.05, 4.69) is 36.5 Å². The quantitative estimate of drug-likeness (QED) is 0.732. The van der Waals surface area contributed by atoms with Gasteiger partial charge < -0.3 is 10.1 Å². The van der Waals surface area contributed by atoms with E-state index in [0.29, 0.717) is 5.92 Å². The molecule has 106 valence electrons. The highest BCUT2D eigenvalue weighted by molar-refractivity contribution is 5.66. The van der Waals surface area contributed by atoms with Gasteiger partial charge in [-0.2, -0.15) is 0 Å². The fourth-order valence-corrected chi connectivity index (χ4v) is 2.21. The molecule has 0 aromatic heterocycles. The first kappa shape index (κ1) is 15.7. The molecule has 0 amide bonds. The zero-order valence-electron chi connectivity index (χ0n) is 12.2. The second-order valence-corrected chi connectivity index (χ2v) is 5.05. The molecule has 1 aromatic carbocycles. The van der Waals surface area contributed by atoms with Gasteiger partial charge in [-0.15, -0.1) is 0 Å². The van der Waals surface area contributed by atoms with Crippen molar-refractivity contribution in [2.24, 2.45) is 5.92 Å². The molecular weight excluding hydrogens is 238 g/mol. The maximum Gasteiger partial charge on any atom is 0.302 e. The number of rotatable bonds is 8. The predicted molar refractivity (Wildman–Crippen MR) is 77.8 cm³/mol. The summed E-state index contributed by atoms with van der Waals surface area (Å²) in [6.07, 6.45) is 2.01. The van der Waals surface area contributed by atoms with Gasteiger partial charge in [-0.05, 0) is 31.4 Å². The van der Waals surface area contributed by atoms with E-state index in [1.807, 2.05) is 13.0 Å². The van der Waals surface area contributed by atoms with Gasteiger partial charge in [-0.1, -0.05) is 43.7 Å². The van der Waals surface area contributed by atoms with Crippen molar-refractivity contribution in [1.82, 2.24) is 5.32 Å². The number of carbonyl (C=O) groups is 1. The third-order valence-electron chi connectivity index (χ3n) is 3.21. The summed E-state index contributed by atoms with van der Waals surface area (Å²) in [6, 6.07) is 10.4. The Morgan fingerprint density at radius 3 is 2.58 bits per heavy atom. The first-order valence-electron chi connectivity index (χ1n) is 7.03. The molecule has 0 bridgehead atoms. The number of nitrogens with one attached hydrogen (secondary N) is 1. The van der Waals surface area contributed by atoms with Crippen LogP contribution in [0, 0.1) is 5.92 Å². The van der Waals surface area contributed by atoms with Crippen LogP contribution in [-0.2, 0) is 16.1 Å². The predicted octanol–water partition coefficient (Wildman–Crippen LogP) is 3.14. The molecule has 0 radical (unpaired) electrons. The van der Waals surface area contributed by atoms with Crippen LogP contribution in [0.4, 0.5) is 0 Å². The van der Waals surface area contributed by atoms with Gasteiger partial charge in [-0.3, -0.25) is 4.79 Å². The molecule has 0 aliphatic heterocycles. The molecule has 0 saturated carbocycles. The number of benzene rings is 1. The maximum absolute atomic E-state index is 10.9. The second kappa shape index (κ2) is 8.70. The lowest BCUT2D eigenvalue weighted by molar-refractivity contribution is -0.146. The number of ether oxygens (including phenoxy) is 1. The molecule has 2 unspecified atom stereocenters. The largest absolute Gasteiger partial charge is 0.463 e. The normalized spacial score (nSPS) is 13.8. The van der Waals surface area contributed by atoms with Crippen LogP contribution < -0.4 is 5.32 Å². The van der Waals surface area contributed by atoms with E-state index >= 15 is 0 Å². The summed E-state index contributed by atoms with van der Waals surface area (Å²) in [4.78, 5) is 10.9. The Hall–Kier alpha value is -1.35. The van der Waals surface area contributed by atoms with Crippen LogP contribution in [-0.4, -0.2) is 18.6 Å². The average Bonchev–Trinajstić information content (AvgIpc) is 2.38. The first-order chi connectivity index (χ1) is 9.11. The van der Waals surface area contributed by atoms with Crippen LogP contribution in [0.5, 0.6) is 0 Å². The lowest BCUT2D eigenvalue weighted by atomic mass is 9.99. The molecule has 1 rings (SSSR count). The molecule has 19 heavy (non-hydrogen) atoms. The van der Waals surface area contributed by atoms with Crippen LogP contribution >= 0.6 is 0 Å². The van der Waals surface area contributed by atoms with Crippen molar-refractivity contribution in [3.63, 3.8) is 0 Å². The monoisotopic (exact) mass is 263 g/mol. The molecular formula is C16H25NO2. The molecule has 2 atom stereocenters. The van der Waals surface area contributed by atoms with Gasteiger partial charge in [0.15, 0.2) is 0 Å². The zero-order chi connectivity index (χ0) is 14.1. The van der Waals surface area contributed by atoms with E-state index in [1.165, 1.54) is 12.5 Å². The van der Waals surface area contributed by atoms with Crippen molar-refractivity contribution in [3.8, 4) is 0 Å². The first-order valence-corrected chi connectivity index (χ1v) is 7.03.